The highest BCUT2D eigenvalue weighted by Crippen LogP contribution is 2.53. The van der Waals surface area contributed by atoms with Gasteiger partial charge in [-0.25, -0.2) is 0 Å². The Kier molecular flexibility index (Phi) is 2.38. The van der Waals surface area contributed by atoms with Gasteiger partial charge in [-0.3, -0.25) is 0 Å². The van der Waals surface area contributed by atoms with Gasteiger partial charge in [0.15, 0.2) is 0 Å². The largest absolute Gasteiger partial charge is 0.0616 e. The van der Waals surface area contributed by atoms with Crippen LogP contribution in [0.4, 0.5) is 0 Å². The standard InChI is InChI=1S/C27H16/c1-2-7-18-16(6-1)12-13-17-14-23-22-11-5-10-21-19-8-3-4-9-20(19)24(27(21)22)15-25(23)26(17)18/h1-13,15H,14H2. The van der Waals surface area contributed by atoms with E-state index < -0.39 is 0 Å². The fourth-order valence-electron chi connectivity index (χ4n) is 5.32. The Hall–Kier alpha value is -3.38. The van der Waals surface area contributed by atoms with Crippen LogP contribution in [0.1, 0.15) is 11.1 Å². The predicted octanol–water partition coefficient (Wildman–Crippen LogP) is 7.21. The smallest absolute Gasteiger partial charge is 0.000704 e. The lowest BCUT2D eigenvalue weighted by atomic mass is 9.92. The van der Waals surface area contributed by atoms with Gasteiger partial charge in [-0.2, -0.15) is 0 Å². The van der Waals surface area contributed by atoms with E-state index in [9.17, 15) is 0 Å². The molecule has 0 radical (unpaired) electrons. The van der Waals surface area contributed by atoms with E-state index in [1.807, 2.05) is 0 Å². The molecule has 0 spiro atoms. The lowest BCUT2D eigenvalue weighted by Crippen LogP contribution is -1.86. The SMILES string of the molecule is c1ccc2c(c1)-c1cccc3c4c(cc-2c13)-c1c(ccc2ccccc12)C4. The van der Waals surface area contributed by atoms with Crippen molar-refractivity contribution in [3.05, 3.63) is 96.1 Å². The molecule has 27 heavy (non-hydrogen) atoms. The molecule has 0 unspecified atom stereocenters. The van der Waals surface area contributed by atoms with Gasteiger partial charge >= 0.3 is 0 Å². The van der Waals surface area contributed by atoms with E-state index in [1.165, 1.54) is 66.1 Å². The third-order valence-electron chi connectivity index (χ3n) is 6.43. The van der Waals surface area contributed by atoms with Crippen LogP contribution in [0.2, 0.25) is 0 Å². The second kappa shape index (κ2) is 4.66. The normalized spacial score (nSPS) is 13.0. The zero-order valence-electron chi connectivity index (χ0n) is 14.8. The number of benzene rings is 5. The maximum absolute atomic E-state index is 2.46. The van der Waals surface area contributed by atoms with Gasteiger partial charge in [0.1, 0.15) is 0 Å². The van der Waals surface area contributed by atoms with E-state index in [2.05, 4.69) is 84.9 Å². The summed E-state index contributed by atoms with van der Waals surface area (Å²) < 4.78 is 0. The zero-order chi connectivity index (χ0) is 17.5. The van der Waals surface area contributed by atoms with Crippen LogP contribution in [0.25, 0.3) is 54.9 Å². The van der Waals surface area contributed by atoms with Gasteiger partial charge in [-0.1, -0.05) is 78.9 Å². The van der Waals surface area contributed by atoms with Crippen molar-refractivity contribution in [1.29, 1.82) is 0 Å². The Labute approximate surface area is 157 Å². The topological polar surface area (TPSA) is 0 Å². The third kappa shape index (κ3) is 1.60. The molecule has 124 valence electrons. The molecule has 0 heterocycles. The quantitative estimate of drug-likeness (QED) is 0.273. The zero-order valence-corrected chi connectivity index (χ0v) is 14.8. The van der Waals surface area contributed by atoms with Crippen molar-refractivity contribution in [2.75, 3.05) is 0 Å². The Morgan fingerprint density at radius 2 is 1.26 bits per heavy atom. The van der Waals surface area contributed by atoms with Crippen LogP contribution >= 0.6 is 0 Å². The van der Waals surface area contributed by atoms with Crippen LogP contribution in [-0.4, -0.2) is 0 Å². The first-order chi connectivity index (χ1) is 13.4. The highest BCUT2D eigenvalue weighted by atomic mass is 14.3. The Morgan fingerprint density at radius 3 is 2.19 bits per heavy atom. The number of rotatable bonds is 0. The molecule has 2 aliphatic carbocycles. The Balaban J connectivity index is 1.67. The maximum Gasteiger partial charge on any atom is -0.000704 e. The second-order valence-electron chi connectivity index (χ2n) is 7.72. The van der Waals surface area contributed by atoms with Crippen LogP contribution in [-0.2, 0) is 6.42 Å². The fraction of sp³-hybridized carbons (Fsp3) is 0.0370. The average Bonchev–Trinajstić information content (AvgIpc) is 3.27. The Morgan fingerprint density at radius 1 is 0.519 bits per heavy atom. The van der Waals surface area contributed by atoms with Crippen molar-refractivity contribution < 1.29 is 0 Å². The second-order valence-corrected chi connectivity index (χ2v) is 7.72. The minimum Gasteiger partial charge on any atom is -0.0616 e. The number of hydrogen-bond acceptors (Lipinski definition) is 0. The van der Waals surface area contributed by atoms with Crippen molar-refractivity contribution >= 4 is 21.5 Å². The molecule has 0 fully saturated rings. The molecule has 0 heteroatoms. The first kappa shape index (κ1) is 13.8. The molecule has 0 bridgehead atoms. The first-order valence-corrected chi connectivity index (χ1v) is 9.59. The summed E-state index contributed by atoms with van der Waals surface area (Å²) in [6.07, 6.45) is 1.03. The molecule has 0 N–H and O–H groups in total. The molecule has 0 nitrogen and oxygen atoms in total. The summed E-state index contributed by atoms with van der Waals surface area (Å²) in [5, 5.41) is 5.57. The van der Waals surface area contributed by atoms with Crippen molar-refractivity contribution in [1.82, 2.24) is 0 Å². The molecule has 2 aliphatic rings. The van der Waals surface area contributed by atoms with E-state index >= 15 is 0 Å². The van der Waals surface area contributed by atoms with Gasteiger partial charge < -0.3 is 0 Å². The molecular formula is C27H16. The van der Waals surface area contributed by atoms with Gasteiger partial charge in [0.25, 0.3) is 0 Å². The van der Waals surface area contributed by atoms with Crippen molar-refractivity contribution in [3.63, 3.8) is 0 Å². The average molecular weight is 340 g/mol. The van der Waals surface area contributed by atoms with E-state index in [0.29, 0.717) is 0 Å². The Bertz CT molecular complexity index is 1440. The summed E-state index contributed by atoms with van der Waals surface area (Å²) in [4.78, 5) is 0. The third-order valence-corrected chi connectivity index (χ3v) is 6.43. The highest BCUT2D eigenvalue weighted by Gasteiger charge is 2.28. The highest BCUT2D eigenvalue weighted by molar-refractivity contribution is 6.19. The monoisotopic (exact) mass is 340 g/mol. The van der Waals surface area contributed by atoms with Crippen LogP contribution in [0, 0.1) is 0 Å². The van der Waals surface area contributed by atoms with Crippen molar-refractivity contribution in [2.45, 2.75) is 6.42 Å². The summed E-state index contributed by atoms with van der Waals surface area (Å²) in [7, 11) is 0. The predicted molar refractivity (Wildman–Crippen MR) is 114 cm³/mol. The minimum absolute atomic E-state index is 1.03. The fourth-order valence-corrected chi connectivity index (χ4v) is 5.32. The molecule has 0 amide bonds. The molecule has 7 rings (SSSR count). The van der Waals surface area contributed by atoms with E-state index in [0.717, 1.165) is 6.42 Å². The molecule has 0 aromatic heterocycles. The maximum atomic E-state index is 2.46. The van der Waals surface area contributed by atoms with Crippen LogP contribution in [0.3, 0.4) is 0 Å². The summed E-state index contributed by atoms with van der Waals surface area (Å²) in [5.41, 5.74) is 11.4. The molecule has 0 atom stereocenters. The summed E-state index contributed by atoms with van der Waals surface area (Å²) >= 11 is 0. The van der Waals surface area contributed by atoms with Gasteiger partial charge in [0, 0.05) is 0 Å². The summed E-state index contributed by atoms with van der Waals surface area (Å²) in [5.74, 6) is 0. The van der Waals surface area contributed by atoms with Gasteiger partial charge in [-0.05, 0) is 78.5 Å². The molecule has 0 saturated carbocycles. The van der Waals surface area contributed by atoms with Crippen molar-refractivity contribution in [3.8, 4) is 33.4 Å². The number of fused-ring (bicyclic) bond motifs is 9. The first-order valence-electron chi connectivity index (χ1n) is 9.59. The molecule has 0 saturated heterocycles. The summed E-state index contributed by atoms with van der Waals surface area (Å²) in [6.45, 7) is 0. The van der Waals surface area contributed by atoms with Gasteiger partial charge in [0.05, 0.1) is 0 Å². The lowest BCUT2D eigenvalue weighted by Gasteiger charge is -2.11. The van der Waals surface area contributed by atoms with Crippen LogP contribution in [0.5, 0.6) is 0 Å². The van der Waals surface area contributed by atoms with Crippen molar-refractivity contribution in [2.24, 2.45) is 0 Å². The molecule has 0 aliphatic heterocycles. The number of hydrogen-bond donors (Lipinski definition) is 0. The van der Waals surface area contributed by atoms with Crippen LogP contribution < -0.4 is 0 Å². The van der Waals surface area contributed by atoms with Gasteiger partial charge in [-0.15, -0.1) is 0 Å². The van der Waals surface area contributed by atoms with E-state index in [1.54, 1.807) is 0 Å². The lowest BCUT2D eigenvalue weighted by molar-refractivity contribution is 1.29. The summed E-state index contributed by atoms with van der Waals surface area (Å²) in [6, 6.07) is 31.5. The molecular weight excluding hydrogens is 324 g/mol. The minimum atomic E-state index is 1.03. The van der Waals surface area contributed by atoms with E-state index in [-0.39, 0.29) is 0 Å². The van der Waals surface area contributed by atoms with E-state index in [4.69, 9.17) is 0 Å². The van der Waals surface area contributed by atoms with Crippen LogP contribution in [0.15, 0.2) is 84.9 Å². The van der Waals surface area contributed by atoms with Gasteiger partial charge in [0.2, 0.25) is 0 Å². The molecule has 5 aromatic rings. The molecule has 5 aromatic carbocycles.